The summed E-state index contributed by atoms with van der Waals surface area (Å²) in [6.07, 6.45) is 1.67. The molecule has 7 heteroatoms. The molecule has 1 rings (SSSR count). The Labute approximate surface area is 112 Å². The van der Waals surface area contributed by atoms with Crippen LogP contribution < -0.4 is 10.6 Å². The number of urea groups is 1. The molecule has 1 atom stereocenters. The number of hydrogen-bond donors (Lipinski definition) is 3. The summed E-state index contributed by atoms with van der Waals surface area (Å²) in [6.45, 7) is 5.70. The van der Waals surface area contributed by atoms with Crippen molar-refractivity contribution in [1.29, 1.82) is 0 Å². The Morgan fingerprint density at radius 3 is 2.53 bits per heavy atom. The number of carbonyl (C=O) groups is 2. The highest BCUT2D eigenvalue weighted by Gasteiger charge is 2.23. The fourth-order valence-corrected chi connectivity index (χ4v) is 1.60. The first-order valence-electron chi connectivity index (χ1n) is 6.07. The van der Waals surface area contributed by atoms with Crippen LogP contribution in [0.5, 0.6) is 0 Å². The van der Waals surface area contributed by atoms with E-state index in [0.29, 0.717) is 6.54 Å². The summed E-state index contributed by atoms with van der Waals surface area (Å²) in [5.41, 5.74) is 1.85. The molecule has 1 unspecified atom stereocenters. The zero-order valence-corrected chi connectivity index (χ0v) is 11.6. The molecule has 0 aromatic carbocycles. The molecule has 3 N–H and O–H groups in total. The third-order valence-electron chi connectivity index (χ3n) is 3.00. The molecule has 0 aliphatic carbocycles. The van der Waals surface area contributed by atoms with Gasteiger partial charge in [0, 0.05) is 24.8 Å². The van der Waals surface area contributed by atoms with Crippen LogP contribution in [0.4, 0.5) is 4.79 Å². The van der Waals surface area contributed by atoms with Crippen LogP contribution in [0.3, 0.4) is 0 Å². The lowest BCUT2D eigenvalue weighted by Gasteiger charge is -2.18. The number of nitrogens with one attached hydrogen (secondary N) is 2. The van der Waals surface area contributed by atoms with Crippen molar-refractivity contribution in [3.05, 3.63) is 17.5 Å². The number of aromatic nitrogens is 2. The highest BCUT2D eigenvalue weighted by Crippen LogP contribution is 2.05. The van der Waals surface area contributed by atoms with E-state index in [1.165, 1.54) is 0 Å². The topological polar surface area (TPSA) is 96.2 Å². The summed E-state index contributed by atoms with van der Waals surface area (Å²) in [5.74, 6) is -1.22. The summed E-state index contributed by atoms with van der Waals surface area (Å²) in [4.78, 5) is 22.6. The lowest BCUT2D eigenvalue weighted by molar-refractivity contribution is -0.140. The van der Waals surface area contributed by atoms with E-state index < -0.39 is 18.0 Å². The maximum Gasteiger partial charge on any atom is 0.326 e. The van der Waals surface area contributed by atoms with E-state index in [1.54, 1.807) is 24.7 Å². The number of carbonyl (C=O) groups excluding carboxylic acids is 1. The van der Waals surface area contributed by atoms with Crippen molar-refractivity contribution in [3.8, 4) is 0 Å². The van der Waals surface area contributed by atoms with Gasteiger partial charge in [-0.1, -0.05) is 13.8 Å². The van der Waals surface area contributed by atoms with Gasteiger partial charge in [-0.15, -0.1) is 0 Å². The van der Waals surface area contributed by atoms with E-state index in [4.69, 9.17) is 5.11 Å². The molecule has 7 nitrogen and oxygen atoms in total. The highest BCUT2D eigenvalue weighted by atomic mass is 16.4. The van der Waals surface area contributed by atoms with Crippen molar-refractivity contribution in [2.45, 2.75) is 33.4 Å². The van der Waals surface area contributed by atoms with Crippen LogP contribution in [-0.4, -0.2) is 32.9 Å². The number of carboxylic acid groups (broad SMARTS) is 1. The number of aryl methyl sites for hydroxylation is 1. The van der Waals surface area contributed by atoms with Crippen LogP contribution in [0.2, 0.25) is 0 Å². The van der Waals surface area contributed by atoms with E-state index in [9.17, 15) is 9.59 Å². The fourth-order valence-electron chi connectivity index (χ4n) is 1.60. The van der Waals surface area contributed by atoms with Crippen LogP contribution in [0.15, 0.2) is 6.20 Å². The van der Waals surface area contributed by atoms with E-state index in [1.807, 2.05) is 14.0 Å². The molecule has 1 heterocycles. The molecule has 2 amide bonds. The molecule has 0 saturated heterocycles. The van der Waals surface area contributed by atoms with Gasteiger partial charge in [0.15, 0.2) is 0 Å². The zero-order valence-electron chi connectivity index (χ0n) is 11.6. The summed E-state index contributed by atoms with van der Waals surface area (Å²) in [6, 6.07) is -1.39. The summed E-state index contributed by atoms with van der Waals surface area (Å²) in [7, 11) is 1.82. The van der Waals surface area contributed by atoms with Crippen molar-refractivity contribution >= 4 is 12.0 Å². The molecule has 0 bridgehead atoms. The third kappa shape index (κ3) is 3.97. The summed E-state index contributed by atoms with van der Waals surface area (Å²) in [5, 5.41) is 18.1. The number of hydrogen-bond acceptors (Lipinski definition) is 3. The summed E-state index contributed by atoms with van der Waals surface area (Å²) < 4.78 is 1.71. The van der Waals surface area contributed by atoms with E-state index in [2.05, 4.69) is 15.7 Å². The predicted octanol–water partition coefficient (Wildman–Crippen LogP) is 0.637. The first kappa shape index (κ1) is 15.0. The Morgan fingerprint density at radius 1 is 1.47 bits per heavy atom. The van der Waals surface area contributed by atoms with Gasteiger partial charge in [-0.25, -0.2) is 9.59 Å². The Balaban J connectivity index is 2.52. The monoisotopic (exact) mass is 268 g/mol. The van der Waals surface area contributed by atoms with Crippen molar-refractivity contribution < 1.29 is 14.7 Å². The molecule has 0 radical (unpaired) electrons. The average Bonchev–Trinajstić information content (AvgIpc) is 2.63. The van der Waals surface area contributed by atoms with Gasteiger partial charge in [0.1, 0.15) is 6.04 Å². The number of nitrogens with zero attached hydrogens (tertiary/aromatic N) is 2. The first-order valence-corrected chi connectivity index (χ1v) is 6.07. The molecule has 0 spiro atoms. The number of rotatable bonds is 5. The molecule has 0 aliphatic rings. The van der Waals surface area contributed by atoms with Gasteiger partial charge in [-0.05, 0) is 12.8 Å². The largest absolute Gasteiger partial charge is 0.480 e. The fraction of sp³-hybridized carbons (Fsp3) is 0.583. The van der Waals surface area contributed by atoms with Gasteiger partial charge in [-0.3, -0.25) is 4.68 Å². The minimum atomic E-state index is -1.04. The number of carboxylic acids is 1. The van der Waals surface area contributed by atoms with Gasteiger partial charge in [0.2, 0.25) is 0 Å². The molecule has 0 saturated carbocycles. The van der Waals surface area contributed by atoms with Crippen molar-refractivity contribution in [1.82, 2.24) is 20.4 Å². The van der Waals surface area contributed by atoms with E-state index in [-0.39, 0.29) is 5.92 Å². The first-order chi connectivity index (χ1) is 8.82. The smallest absolute Gasteiger partial charge is 0.326 e. The van der Waals surface area contributed by atoms with Crippen LogP contribution >= 0.6 is 0 Å². The summed E-state index contributed by atoms with van der Waals surface area (Å²) >= 11 is 0. The molecule has 0 aliphatic heterocycles. The minimum absolute atomic E-state index is 0.177. The molecule has 1 aromatic rings. The van der Waals surface area contributed by atoms with Gasteiger partial charge in [-0.2, -0.15) is 5.10 Å². The van der Waals surface area contributed by atoms with Crippen LogP contribution in [0.25, 0.3) is 0 Å². The Hall–Kier alpha value is -2.05. The Morgan fingerprint density at radius 2 is 2.11 bits per heavy atom. The van der Waals surface area contributed by atoms with E-state index >= 15 is 0 Å². The number of aliphatic carboxylic acids is 1. The predicted molar refractivity (Wildman–Crippen MR) is 69.6 cm³/mol. The third-order valence-corrected chi connectivity index (χ3v) is 3.00. The van der Waals surface area contributed by atoms with E-state index in [0.717, 1.165) is 11.3 Å². The van der Waals surface area contributed by atoms with Crippen LogP contribution in [0, 0.1) is 12.8 Å². The zero-order chi connectivity index (χ0) is 14.6. The van der Waals surface area contributed by atoms with Gasteiger partial charge in [0.05, 0.1) is 6.20 Å². The Kier molecular flexibility index (Phi) is 4.91. The van der Waals surface area contributed by atoms with Crippen LogP contribution in [0.1, 0.15) is 25.1 Å². The maximum absolute atomic E-state index is 11.6. The van der Waals surface area contributed by atoms with Gasteiger partial charge >= 0.3 is 12.0 Å². The van der Waals surface area contributed by atoms with Crippen molar-refractivity contribution in [2.75, 3.05) is 0 Å². The second-order valence-electron chi connectivity index (χ2n) is 4.77. The van der Waals surface area contributed by atoms with Crippen LogP contribution in [-0.2, 0) is 18.4 Å². The minimum Gasteiger partial charge on any atom is -0.480 e. The average molecular weight is 268 g/mol. The quantitative estimate of drug-likeness (QED) is 0.730. The van der Waals surface area contributed by atoms with Crippen molar-refractivity contribution in [3.63, 3.8) is 0 Å². The molecular formula is C12H20N4O3. The highest BCUT2D eigenvalue weighted by molar-refractivity contribution is 5.82. The van der Waals surface area contributed by atoms with Gasteiger partial charge < -0.3 is 15.7 Å². The Bertz CT molecular complexity index is 468. The molecule has 106 valence electrons. The lowest BCUT2D eigenvalue weighted by Crippen LogP contribution is -2.48. The molecule has 0 fully saturated rings. The SMILES string of the molecule is Cc1c(CNC(=O)NC(C(=O)O)C(C)C)cnn1C. The maximum atomic E-state index is 11.6. The number of amides is 2. The molecule has 1 aromatic heterocycles. The van der Waals surface area contributed by atoms with Crippen molar-refractivity contribution in [2.24, 2.45) is 13.0 Å². The molecule has 19 heavy (non-hydrogen) atoms. The second-order valence-corrected chi connectivity index (χ2v) is 4.77. The molecular weight excluding hydrogens is 248 g/mol. The lowest BCUT2D eigenvalue weighted by atomic mass is 10.1. The standard InChI is InChI=1S/C12H20N4O3/c1-7(2)10(11(17)18)15-12(19)13-5-9-6-14-16(4)8(9)3/h6-7,10H,5H2,1-4H3,(H,17,18)(H2,13,15,19). The normalized spacial score (nSPS) is 12.3. The van der Waals surface area contributed by atoms with Gasteiger partial charge in [0.25, 0.3) is 0 Å². The second kappa shape index (κ2) is 6.21.